The maximum absolute atomic E-state index is 14.1. The molecular weight excluding hydrogens is 319 g/mol. The third-order valence-electron chi connectivity index (χ3n) is 4.84. The molecule has 1 saturated carbocycles. The average Bonchev–Trinajstić information content (AvgIpc) is 3.02. The molecule has 3 aromatic rings. The molecule has 0 bridgehead atoms. The monoisotopic (exact) mass is 338 g/mol. The Balaban J connectivity index is 1.48. The van der Waals surface area contributed by atoms with Crippen molar-refractivity contribution < 1.29 is 4.39 Å². The standard InChI is InChI=1S/C18H19FN6/c1-25-11-13(10-22-25)15-5-6-16(24-23-15)21-12-18(7-3-8-18)17-14(19)4-2-9-20-17/h2,4-6,9-11H,3,7-8,12H2,1H3,(H,21,24). The van der Waals surface area contributed by atoms with Gasteiger partial charge >= 0.3 is 0 Å². The van der Waals surface area contributed by atoms with E-state index < -0.39 is 0 Å². The zero-order valence-corrected chi connectivity index (χ0v) is 14.0. The topological polar surface area (TPSA) is 68.5 Å². The highest BCUT2D eigenvalue weighted by Crippen LogP contribution is 2.43. The fourth-order valence-electron chi connectivity index (χ4n) is 3.27. The summed E-state index contributed by atoms with van der Waals surface area (Å²) in [6.45, 7) is 0.599. The minimum atomic E-state index is -0.255. The van der Waals surface area contributed by atoms with Gasteiger partial charge in [-0.3, -0.25) is 9.67 Å². The van der Waals surface area contributed by atoms with E-state index in [1.807, 2.05) is 25.4 Å². The molecule has 1 aliphatic rings. The summed E-state index contributed by atoms with van der Waals surface area (Å²) in [4.78, 5) is 4.28. The lowest BCUT2D eigenvalue weighted by Gasteiger charge is -2.41. The molecule has 3 aromatic heterocycles. The van der Waals surface area contributed by atoms with E-state index in [0.29, 0.717) is 18.1 Å². The number of rotatable bonds is 5. The van der Waals surface area contributed by atoms with E-state index in [-0.39, 0.29) is 11.2 Å². The lowest BCUT2D eigenvalue weighted by molar-refractivity contribution is 0.243. The highest BCUT2D eigenvalue weighted by molar-refractivity contribution is 5.57. The SMILES string of the molecule is Cn1cc(-c2ccc(NCC3(c4ncccc4F)CCC3)nn2)cn1. The van der Waals surface area contributed by atoms with Crippen LogP contribution in [0, 0.1) is 5.82 Å². The molecule has 1 aliphatic carbocycles. The Bertz CT molecular complexity index is 869. The van der Waals surface area contributed by atoms with Crippen LogP contribution in [0.15, 0.2) is 42.9 Å². The largest absolute Gasteiger partial charge is 0.368 e. The van der Waals surface area contributed by atoms with Gasteiger partial charge in [0.15, 0.2) is 0 Å². The van der Waals surface area contributed by atoms with Crippen LogP contribution in [-0.4, -0.2) is 31.5 Å². The second-order valence-corrected chi connectivity index (χ2v) is 6.53. The van der Waals surface area contributed by atoms with Gasteiger partial charge in [0, 0.05) is 37.0 Å². The van der Waals surface area contributed by atoms with Gasteiger partial charge in [-0.2, -0.15) is 5.10 Å². The Hall–Kier alpha value is -2.83. The van der Waals surface area contributed by atoms with E-state index in [4.69, 9.17) is 0 Å². The van der Waals surface area contributed by atoms with Crippen LogP contribution in [0.4, 0.5) is 10.2 Å². The van der Waals surface area contributed by atoms with Gasteiger partial charge in [0.2, 0.25) is 0 Å². The summed E-state index contributed by atoms with van der Waals surface area (Å²) >= 11 is 0. The van der Waals surface area contributed by atoms with Crippen molar-refractivity contribution in [3.63, 3.8) is 0 Å². The van der Waals surface area contributed by atoms with Gasteiger partial charge in [0.1, 0.15) is 11.6 Å². The average molecular weight is 338 g/mol. The summed E-state index contributed by atoms with van der Waals surface area (Å²) in [7, 11) is 1.86. The number of aryl methyl sites for hydroxylation is 1. The molecule has 128 valence electrons. The van der Waals surface area contributed by atoms with Crippen molar-refractivity contribution in [3.8, 4) is 11.3 Å². The fourth-order valence-corrected chi connectivity index (χ4v) is 3.27. The molecule has 1 N–H and O–H groups in total. The molecule has 7 heteroatoms. The Morgan fingerprint density at radius 1 is 1.24 bits per heavy atom. The van der Waals surface area contributed by atoms with Gasteiger partial charge in [-0.15, -0.1) is 10.2 Å². The molecule has 6 nitrogen and oxygen atoms in total. The maximum Gasteiger partial charge on any atom is 0.148 e. The number of pyridine rings is 1. The Labute approximate surface area is 145 Å². The van der Waals surface area contributed by atoms with Crippen molar-refractivity contribution in [3.05, 3.63) is 54.4 Å². The number of nitrogens with zero attached hydrogens (tertiary/aromatic N) is 5. The summed E-state index contributed by atoms with van der Waals surface area (Å²) in [6, 6.07) is 6.89. The Kier molecular flexibility index (Phi) is 3.91. The first kappa shape index (κ1) is 15.7. The molecule has 3 heterocycles. The highest BCUT2D eigenvalue weighted by Gasteiger charge is 2.41. The lowest BCUT2D eigenvalue weighted by atomic mass is 9.66. The number of anilines is 1. The fraction of sp³-hybridized carbons (Fsp3) is 0.333. The molecule has 0 radical (unpaired) electrons. The van der Waals surface area contributed by atoms with Crippen molar-refractivity contribution in [2.75, 3.05) is 11.9 Å². The zero-order chi connectivity index (χ0) is 17.3. The van der Waals surface area contributed by atoms with Gasteiger partial charge in [-0.05, 0) is 37.1 Å². The van der Waals surface area contributed by atoms with Gasteiger partial charge in [-0.1, -0.05) is 6.42 Å². The number of nitrogens with one attached hydrogen (secondary N) is 1. The van der Waals surface area contributed by atoms with Crippen LogP contribution < -0.4 is 5.32 Å². The summed E-state index contributed by atoms with van der Waals surface area (Å²) in [5.41, 5.74) is 1.99. The molecule has 0 amide bonds. The van der Waals surface area contributed by atoms with Crippen LogP contribution in [0.1, 0.15) is 25.0 Å². The molecule has 0 aromatic carbocycles. The molecule has 0 aliphatic heterocycles. The second kappa shape index (κ2) is 6.23. The molecule has 25 heavy (non-hydrogen) atoms. The van der Waals surface area contributed by atoms with Crippen LogP contribution >= 0.6 is 0 Å². The minimum absolute atomic E-state index is 0.234. The predicted octanol–water partition coefficient (Wildman–Crippen LogP) is 2.95. The maximum atomic E-state index is 14.1. The smallest absolute Gasteiger partial charge is 0.148 e. The molecule has 0 atom stereocenters. The Morgan fingerprint density at radius 2 is 2.12 bits per heavy atom. The van der Waals surface area contributed by atoms with Crippen molar-refractivity contribution in [1.82, 2.24) is 25.0 Å². The van der Waals surface area contributed by atoms with Gasteiger partial charge in [0.05, 0.1) is 17.6 Å². The second-order valence-electron chi connectivity index (χ2n) is 6.53. The number of hydrogen-bond donors (Lipinski definition) is 1. The number of aromatic nitrogens is 5. The number of halogens is 1. The van der Waals surface area contributed by atoms with Crippen LogP contribution in [-0.2, 0) is 12.5 Å². The lowest BCUT2D eigenvalue weighted by Crippen LogP contribution is -2.42. The summed E-state index contributed by atoms with van der Waals surface area (Å²) in [6.07, 6.45) is 8.24. The first-order chi connectivity index (χ1) is 12.2. The van der Waals surface area contributed by atoms with Crippen molar-refractivity contribution in [2.45, 2.75) is 24.7 Å². The van der Waals surface area contributed by atoms with Gasteiger partial charge < -0.3 is 5.32 Å². The normalized spacial score (nSPS) is 15.6. The van der Waals surface area contributed by atoms with Crippen LogP contribution in [0.5, 0.6) is 0 Å². The first-order valence-electron chi connectivity index (χ1n) is 8.34. The summed E-state index contributed by atoms with van der Waals surface area (Å²) in [5, 5.41) is 15.9. The van der Waals surface area contributed by atoms with Crippen molar-refractivity contribution in [2.24, 2.45) is 7.05 Å². The van der Waals surface area contributed by atoms with Crippen LogP contribution in [0.25, 0.3) is 11.3 Å². The zero-order valence-electron chi connectivity index (χ0n) is 14.0. The first-order valence-corrected chi connectivity index (χ1v) is 8.34. The van der Waals surface area contributed by atoms with E-state index >= 15 is 0 Å². The molecule has 4 rings (SSSR count). The summed E-state index contributed by atoms with van der Waals surface area (Å²) < 4.78 is 15.9. The van der Waals surface area contributed by atoms with E-state index in [1.54, 1.807) is 23.1 Å². The van der Waals surface area contributed by atoms with E-state index in [2.05, 4.69) is 25.6 Å². The highest BCUT2D eigenvalue weighted by atomic mass is 19.1. The predicted molar refractivity (Wildman–Crippen MR) is 92.4 cm³/mol. The van der Waals surface area contributed by atoms with E-state index in [0.717, 1.165) is 30.5 Å². The minimum Gasteiger partial charge on any atom is -0.368 e. The van der Waals surface area contributed by atoms with Crippen molar-refractivity contribution >= 4 is 5.82 Å². The number of hydrogen-bond acceptors (Lipinski definition) is 5. The third-order valence-corrected chi connectivity index (χ3v) is 4.84. The van der Waals surface area contributed by atoms with E-state index in [9.17, 15) is 4.39 Å². The molecule has 0 spiro atoms. The molecule has 0 unspecified atom stereocenters. The van der Waals surface area contributed by atoms with Crippen LogP contribution in [0.2, 0.25) is 0 Å². The third kappa shape index (κ3) is 2.97. The summed E-state index contributed by atoms with van der Waals surface area (Å²) in [5.74, 6) is 0.442. The van der Waals surface area contributed by atoms with Gasteiger partial charge in [0.25, 0.3) is 0 Å². The van der Waals surface area contributed by atoms with E-state index in [1.165, 1.54) is 6.07 Å². The molecule has 0 saturated heterocycles. The van der Waals surface area contributed by atoms with Crippen LogP contribution in [0.3, 0.4) is 0 Å². The quantitative estimate of drug-likeness (QED) is 0.775. The van der Waals surface area contributed by atoms with Gasteiger partial charge in [-0.25, -0.2) is 4.39 Å². The molecular formula is C18H19FN6. The van der Waals surface area contributed by atoms with Crippen molar-refractivity contribution in [1.29, 1.82) is 0 Å². The molecule has 1 fully saturated rings. The Morgan fingerprint density at radius 3 is 2.72 bits per heavy atom.